The van der Waals surface area contributed by atoms with Crippen LogP contribution in [0.5, 0.6) is 0 Å². The SMILES string of the molecule is COCC1(NCc2nc3c(C4=Cc5cc(F)ccc5NC4)cnn3c(N)c2Br)CC1. The molecule has 1 saturated carbocycles. The maximum atomic E-state index is 13.7. The van der Waals surface area contributed by atoms with Gasteiger partial charge in [-0.2, -0.15) is 9.61 Å². The van der Waals surface area contributed by atoms with E-state index in [4.69, 9.17) is 15.5 Å². The van der Waals surface area contributed by atoms with E-state index in [-0.39, 0.29) is 11.4 Å². The molecule has 3 aromatic rings. The van der Waals surface area contributed by atoms with E-state index >= 15 is 0 Å². The molecule has 1 aliphatic heterocycles. The standard InChI is InChI=1S/C21H22BrFN6O/c1-30-11-21(4-5-21)26-10-17-18(22)19(24)29-20(28-17)15(9-27-29)13-6-12-7-14(23)2-3-16(12)25-8-13/h2-3,6-7,9,25-26H,4-5,8,10-11,24H2,1H3. The summed E-state index contributed by atoms with van der Waals surface area (Å²) in [4.78, 5) is 4.86. The van der Waals surface area contributed by atoms with Crippen LogP contribution < -0.4 is 16.4 Å². The normalized spacial score (nSPS) is 16.8. The minimum Gasteiger partial charge on any atom is -0.383 e. The zero-order valence-corrected chi connectivity index (χ0v) is 18.1. The zero-order valence-electron chi connectivity index (χ0n) is 16.5. The summed E-state index contributed by atoms with van der Waals surface area (Å²) >= 11 is 3.57. The highest BCUT2D eigenvalue weighted by atomic mass is 79.9. The first-order valence-corrected chi connectivity index (χ1v) is 10.6. The number of nitrogens with one attached hydrogen (secondary N) is 2. The van der Waals surface area contributed by atoms with Crippen LogP contribution in [0, 0.1) is 5.82 Å². The van der Waals surface area contributed by atoms with Crippen molar-refractivity contribution in [3.8, 4) is 0 Å². The summed E-state index contributed by atoms with van der Waals surface area (Å²) in [5.74, 6) is 0.230. The molecule has 30 heavy (non-hydrogen) atoms. The average Bonchev–Trinajstić information content (AvgIpc) is 3.37. The Bertz CT molecular complexity index is 1170. The lowest BCUT2D eigenvalue weighted by Gasteiger charge is -2.19. The Kier molecular flexibility index (Phi) is 4.76. The van der Waals surface area contributed by atoms with E-state index in [0.717, 1.165) is 45.4 Å². The Labute approximate surface area is 181 Å². The third kappa shape index (κ3) is 3.36. The van der Waals surface area contributed by atoms with Crippen LogP contribution in [0.15, 0.2) is 28.9 Å². The molecule has 0 bridgehead atoms. The number of aromatic nitrogens is 3. The second-order valence-electron chi connectivity index (χ2n) is 7.87. The minimum atomic E-state index is -0.266. The molecule has 2 aliphatic rings. The van der Waals surface area contributed by atoms with Crippen LogP contribution in [-0.2, 0) is 11.3 Å². The lowest BCUT2D eigenvalue weighted by atomic mass is 10.0. The van der Waals surface area contributed by atoms with E-state index in [1.165, 1.54) is 12.1 Å². The topological polar surface area (TPSA) is 89.5 Å². The minimum absolute atomic E-state index is 0.0312. The number of nitrogen functional groups attached to an aromatic ring is 1. The second kappa shape index (κ2) is 7.33. The highest BCUT2D eigenvalue weighted by molar-refractivity contribution is 9.10. The summed E-state index contributed by atoms with van der Waals surface area (Å²) < 4.78 is 21.4. The van der Waals surface area contributed by atoms with Crippen LogP contribution in [0.4, 0.5) is 15.9 Å². The molecule has 3 heterocycles. The summed E-state index contributed by atoms with van der Waals surface area (Å²) in [6.45, 7) is 1.84. The number of methoxy groups -OCH3 is 1. The molecule has 0 spiro atoms. The van der Waals surface area contributed by atoms with E-state index < -0.39 is 0 Å². The Morgan fingerprint density at radius 3 is 3.00 bits per heavy atom. The number of benzene rings is 1. The summed E-state index contributed by atoms with van der Waals surface area (Å²) in [5, 5.41) is 11.3. The van der Waals surface area contributed by atoms with Crippen molar-refractivity contribution in [2.45, 2.75) is 24.9 Å². The smallest absolute Gasteiger partial charge is 0.165 e. The Balaban J connectivity index is 1.52. The molecule has 9 heteroatoms. The van der Waals surface area contributed by atoms with Crippen molar-refractivity contribution < 1.29 is 9.13 Å². The van der Waals surface area contributed by atoms with Gasteiger partial charge in [-0.3, -0.25) is 0 Å². The molecule has 4 N–H and O–H groups in total. The number of rotatable bonds is 6. The number of hydrogen-bond acceptors (Lipinski definition) is 6. The Hall–Kier alpha value is -2.49. The molecule has 2 aromatic heterocycles. The first-order chi connectivity index (χ1) is 14.5. The molecule has 0 amide bonds. The summed E-state index contributed by atoms with van der Waals surface area (Å²) in [6.07, 6.45) is 5.90. The van der Waals surface area contributed by atoms with Gasteiger partial charge in [-0.1, -0.05) is 0 Å². The summed E-state index contributed by atoms with van der Waals surface area (Å²) in [7, 11) is 1.72. The van der Waals surface area contributed by atoms with Crippen LogP contribution in [0.3, 0.4) is 0 Å². The van der Waals surface area contributed by atoms with Gasteiger partial charge in [0.15, 0.2) is 5.65 Å². The predicted molar refractivity (Wildman–Crippen MR) is 119 cm³/mol. The van der Waals surface area contributed by atoms with Crippen molar-refractivity contribution in [1.82, 2.24) is 19.9 Å². The van der Waals surface area contributed by atoms with E-state index in [1.807, 2.05) is 6.08 Å². The van der Waals surface area contributed by atoms with Crippen LogP contribution >= 0.6 is 15.9 Å². The lowest BCUT2D eigenvalue weighted by Crippen LogP contribution is -2.35. The van der Waals surface area contributed by atoms with E-state index in [1.54, 1.807) is 23.9 Å². The van der Waals surface area contributed by atoms with Crippen molar-refractivity contribution in [3.63, 3.8) is 0 Å². The number of ether oxygens (including phenoxy) is 1. The molecule has 0 unspecified atom stereocenters. The van der Waals surface area contributed by atoms with Gasteiger partial charge >= 0.3 is 0 Å². The molecule has 1 aromatic carbocycles. The van der Waals surface area contributed by atoms with Gasteiger partial charge in [0.05, 0.1) is 23.0 Å². The zero-order chi connectivity index (χ0) is 20.9. The predicted octanol–water partition coefficient (Wildman–Crippen LogP) is 3.45. The molecule has 7 nitrogen and oxygen atoms in total. The number of hydrogen-bond donors (Lipinski definition) is 3. The van der Waals surface area contributed by atoms with Crippen LogP contribution in [0.2, 0.25) is 0 Å². The maximum absolute atomic E-state index is 13.7. The van der Waals surface area contributed by atoms with E-state index in [9.17, 15) is 4.39 Å². The number of nitrogens with two attached hydrogens (primary N) is 1. The highest BCUT2D eigenvalue weighted by Crippen LogP contribution is 2.37. The molecular weight excluding hydrogens is 451 g/mol. The van der Waals surface area contributed by atoms with Gasteiger partial charge in [-0.25, -0.2) is 9.37 Å². The number of halogens is 2. The fourth-order valence-electron chi connectivity index (χ4n) is 3.87. The van der Waals surface area contributed by atoms with Gasteiger partial charge in [-0.15, -0.1) is 0 Å². The van der Waals surface area contributed by atoms with Crippen molar-refractivity contribution in [2.24, 2.45) is 0 Å². The van der Waals surface area contributed by atoms with Crippen molar-refractivity contribution in [3.05, 3.63) is 51.5 Å². The fraction of sp³-hybridized carbons (Fsp3) is 0.333. The molecule has 0 atom stereocenters. The van der Waals surface area contributed by atoms with Gasteiger partial charge < -0.3 is 21.1 Å². The van der Waals surface area contributed by atoms with Gasteiger partial charge in [0.1, 0.15) is 11.6 Å². The number of anilines is 2. The van der Waals surface area contributed by atoms with Crippen molar-refractivity contribution >= 4 is 44.7 Å². The molecule has 156 valence electrons. The van der Waals surface area contributed by atoms with E-state index in [2.05, 4.69) is 31.7 Å². The molecular formula is C21H22BrFN6O. The molecule has 1 fully saturated rings. The van der Waals surface area contributed by atoms with Crippen LogP contribution in [0.1, 0.15) is 29.7 Å². The average molecular weight is 473 g/mol. The molecule has 0 saturated heterocycles. The largest absolute Gasteiger partial charge is 0.383 e. The quantitative estimate of drug-likeness (QED) is 0.509. The second-order valence-corrected chi connectivity index (χ2v) is 8.67. The first-order valence-electron chi connectivity index (χ1n) is 9.80. The third-order valence-electron chi connectivity index (χ3n) is 5.75. The molecule has 1 aliphatic carbocycles. The summed E-state index contributed by atoms with van der Waals surface area (Å²) in [5.41, 5.74) is 11.4. The van der Waals surface area contributed by atoms with Crippen molar-refractivity contribution in [2.75, 3.05) is 31.3 Å². The van der Waals surface area contributed by atoms with E-state index in [0.29, 0.717) is 31.2 Å². The Morgan fingerprint density at radius 1 is 1.40 bits per heavy atom. The molecule has 0 radical (unpaired) electrons. The van der Waals surface area contributed by atoms with Gasteiger partial charge in [0.2, 0.25) is 0 Å². The van der Waals surface area contributed by atoms with Crippen LogP contribution in [0.25, 0.3) is 17.3 Å². The number of nitrogens with zero attached hydrogens (tertiary/aromatic N) is 3. The summed E-state index contributed by atoms with van der Waals surface area (Å²) in [6, 6.07) is 4.72. The van der Waals surface area contributed by atoms with Crippen LogP contribution in [-0.4, -0.2) is 40.4 Å². The van der Waals surface area contributed by atoms with Gasteiger partial charge in [0, 0.05) is 42.6 Å². The first kappa shape index (κ1) is 19.5. The third-order valence-corrected chi connectivity index (χ3v) is 6.62. The molecule has 5 rings (SSSR count). The van der Waals surface area contributed by atoms with Gasteiger partial charge in [-0.05, 0) is 58.6 Å². The van der Waals surface area contributed by atoms with Crippen molar-refractivity contribution in [1.29, 1.82) is 0 Å². The fourth-order valence-corrected chi connectivity index (χ4v) is 4.27. The highest BCUT2D eigenvalue weighted by Gasteiger charge is 2.42. The van der Waals surface area contributed by atoms with Gasteiger partial charge in [0.25, 0.3) is 0 Å². The maximum Gasteiger partial charge on any atom is 0.165 e. The number of fused-ring (bicyclic) bond motifs is 2. The monoisotopic (exact) mass is 472 g/mol. The lowest BCUT2D eigenvalue weighted by molar-refractivity contribution is 0.156. The Morgan fingerprint density at radius 2 is 2.23 bits per heavy atom.